The van der Waals surface area contributed by atoms with Crippen LogP contribution in [0.1, 0.15) is 25.0 Å². The van der Waals surface area contributed by atoms with Gasteiger partial charge in [-0.25, -0.2) is 9.97 Å². The summed E-state index contributed by atoms with van der Waals surface area (Å²) in [6.07, 6.45) is 0. The molecule has 0 radical (unpaired) electrons. The summed E-state index contributed by atoms with van der Waals surface area (Å²) in [4.78, 5) is 10.1. The van der Waals surface area contributed by atoms with Gasteiger partial charge < -0.3 is 4.57 Å². The van der Waals surface area contributed by atoms with Gasteiger partial charge in [-0.3, -0.25) is 0 Å². The predicted octanol–water partition coefficient (Wildman–Crippen LogP) is 11.5. The van der Waals surface area contributed by atoms with E-state index in [4.69, 9.17) is 9.97 Å². The molecule has 0 atom stereocenters. The number of hydrogen-bond acceptors (Lipinski definition) is 2. The van der Waals surface area contributed by atoms with Crippen molar-refractivity contribution >= 4 is 43.5 Å². The van der Waals surface area contributed by atoms with Crippen molar-refractivity contribution in [3.63, 3.8) is 0 Å². The third kappa shape index (κ3) is 3.82. The van der Waals surface area contributed by atoms with Crippen LogP contribution >= 0.6 is 0 Å². The highest BCUT2D eigenvalue weighted by Crippen LogP contribution is 2.53. The topological polar surface area (TPSA) is 30.7 Å². The number of benzene rings is 7. The largest absolute Gasteiger partial charge is 0.309 e. The van der Waals surface area contributed by atoms with E-state index in [0.29, 0.717) is 0 Å². The van der Waals surface area contributed by atoms with Gasteiger partial charge in [-0.1, -0.05) is 117 Å². The van der Waals surface area contributed by atoms with E-state index in [1.54, 1.807) is 0 Å². The fourth-order valence-electron chi connectivity index (χ4n) is 8.03. The van der Waals surface area contributed by atoms with E-state index in [9.17, 15) is 0 Å². The standard InChI is InChI=1S/C45H31N3/c1-45(2)37-25-22-28-12-6-7-15-32(28)42(37)36-26-35-33-16-9-11-19-40(33)48(41(35)27-38(36)45)31-23-20-30(21-24-31)44-46-39-18-10-8-17-34(39)43(47-44)29-13-4-3-5-14-29/h3-27H,1-2H3. The molecule has 0 spiro atoms. The van der Waals surface area contributed by atoms with Crippen molar-refractivity contribution < 1.29 is 0 Å². The van der Waals surface area contributed by atoms with Gasteiger partial charge in [-0.05, 0) is 81.6 Å². The van der Waals surface area contributed by atoms with Gasteiger partial charge in [0.2, 0.25) is 0 Å². The van der Waals surface area contributed by atoms with E-state index < -0.39 is 0 Å². The van der Waals surface area contributed by atoms with Gasteiger partial charge in [0.15, 0.2) is 5.82 Å². The molecule has 0 saturated heterocycles. The highest BCUT2D eigenvalue weighted by Gasteiger charge is 2.37. The molecule has 0 aliphatic heterocycles. The van der Waals surface area contributed by atoms with Crippen molar-refractivity contribution in [1.29, 1.82) is 0 Å². The zero-order valence-electron chi connectivity index (χ0n) is 26.8. The molecule has 7 aromatic carbocycles. The lowest BCUT2D eigenvalue weighted by atomic mass is 9.82. The van der Waals surface area contributed by atoms with Gasteiger partial charge in [0, 0.05) is 38.4 Å². The van der Waals surface area contributed by atoms with Crippen molar-refractivity contribution in [1.82, 2.24) is 14.5 Å². The predicted molar refractivity (Wildman–Crippen MR) is 200 cm³/mol. The van der Waals surface area contributed by atoms with Crippen LogP contribution in [0.5, 0.6) is 0 Å². The Morgan fingerprint density at radius 1 is 0.500 bits per heavy atom. The van der Waals surface area contributed by atoms with Crippen LogP contribution in [-0.2, 0) is 5.41 Å². The van der Waals surface area contributed by atoms with Gasteiger partial charge in [0.05, 0.1) is 22.2 Å². The molecule has 0 unspecified atom stereocenters. The average Bonchev–Trinajstić information content (AvgIpc) is 3.58. The fourth-order valence-corrected chi connectivity index (χ4v) is 8.03. The number of rotatable bonds is 3. The minimum absolute atomic E-state index is 0.113. The van der Waals surface area contributed by atoms with E-state index in [1.807, 2.05) is 12.1 Å². The summed E-state index contributed by atoms with van der Waals surface area (Å²) in [6.45, 7) is 4.74. The first-order chi connectivity index (χ1) is 23.6. The maximum absolute atomic E-state index is 5.11. The second kappa shape index (κ2) is 9.97. The normalized spacial score (nSPS) is 13.4. The Balaban J connectivity index is 1.16. The molecule has 2 heterocycles. The Morgan fingerprint density at radius 2 is 1.21 bits per heavy atom. The molecule has 10 rings (SSSR count). The van der Waals surface area contributed by atoms with Crippen molar-refractivity contribution in [3.8, 4) is 39.5 Å². The quantitative estimate of drug-likeness (QED) is 0.198. The lowest BCUT2D eigenvalue weighted by Crippen LogP contribution is -2.15. The lowest BCUT2D eigenvalue weighted by molar-refractivity contribution is 0.661. The molecule has 9 aromatic rings. The zero-order chi connectivity index (χ0) is 32.0. The SMILES string of the molecule is CC1(C)c2cc3c(cc2-c2c1ccc1ccccc21)c1ccccc1n3-c1ccc(-c2nc(-c3ccccc3)c3ccccc3n2)cc1. The van der Waals surface area contributed by atoms with Crippen LogP contribution < -0.4 is 0 Å². The second-order valence-electron chi connectivity index (χ2n) is 13.4. The first-order valence-electron chi connectivity index (χ1n) is 16.6. The van der Waals surface area contributed by atoms with Gasteiger partial charge in [-0.2, -0.15) is 0 Å². The molecule has 0 saturated carbocycles. The second-order valence-corrected chi connectivity index (χ2v) is 13.4. The summed E-state index contributed by atoms with van der Waals surface area (Å²) in [5.41, 5.74) is 12.9. The molecule has 3 nitrogen and oxygen atoms in total. The summed E-state index contributed by atoms with van der Waals surface area (Å²) in [6, 6.07) is 54.5. The first-order valence-corrected chi connectivity index (χ1v) is 16.6. The van der Waals surface area contributed by atoms with Crippen LogP contribution in [0.25, 0.3) is 82.9 Å². The summed E-state index contributed by atoms with van der Waals surface area (Å²) < 4.78 is 2.42. The Kier molecular flexibility index (Phi) is 5.63. The van der Waals surface area contributed by atoms with E-state index in [2.05, 4.69) is 158 Å². The van der Waals surface area contributed by atoms with Crippen LogP contribution in [0, 0.1) is 0 Å². The number of fused-ring (bicyclic) bond motifs is 9. The molecule has 1 aliphatic rings. The average molecular weight is 614 g/mol. The molecule has 0 bridgehead atoms. The monoisotopic (exact) mass is 613 g/mol. The van der Waals surface area contributed by atoms with Crippen molar-refractivity contribution in [2.75, 3.05) is 0 Å². The van der Waals surface area contributed by atoms with Gasteiger partial charge in [-0.15, -0.1) is 0 Å². The van der Waals surface area contributed by atoms with E-state index in [-0.39, 0.29) is 5.41 Å². The van der Waals surface area contributed by atoms with Crippen molar-refractivity contribution in [2.24, 2.45) is 0 Å². The van der Waals surface area contributed by atoms with Crippen molar-refractivity contribution in [3.05, 3.63) is 163 Å². The molecule has 2 aromatic heterocycles. The van der Waals surface area contributed by atoms with Gasteiger partial charge in [0.25, 0.3) is 0 Å². The third-order valence-corrected chi connectivity index (χ3v) is 10.4. The van der Waals surface area contributed by atoms with Crippen LogP contribution in [0.4, 0.5) is 0 Å². The van der Waals surface area contributed by atoms with E-state index in [0.717, 1.165) is 39.2 Å². The maximum Gasteiger partial charge on any atom is 0.160 e. The van der Waals surface area contributed by atoms with E-state index in [1.165, 1.54) is 54.8 Å². The highest BCUT2D eigenvalue weighted by atomic mass is 15.0. The molecule has 0 fully saturated rings. The summed E-state index contributed by atoms with van der Waals surface area (Å²) in [5.74, 6) is 0.728. The Hall–Kier alpha value is -6.06. The molecular formula is C45H31N3. The maximum atomic E-state index is 5.11. The summed E-state index contributed by atoms with van der Waals surface area (Å²) in [5, 5.41) is 6.20. The Labute approximate surface area is 278 Å². The van der Waals surface area contributed by atoms with E-state index >= 15 is 0 Å². The van der Waals surface area contributed by atoms with Crippen LogP contribution in [0.2, 0.25) is 0 Å². The zero-order valence-corrected chi connectivity index (χ0v) is 26.8. The summed E-state index contributed by atoms with van der Waals surface area (Å²) >= 11 is 0. The van der Waals surface area contributed by atoms with Crippen LogP contribution in [-0.4, -0.2) is 14.5 Å². The summed E-state index contributed by atoms with van der Waals surface area (Å²) in [7, 11) is 0. The number of nitrogens with zero attached hydrogens (tertiary/aromatic N) is 3. The number of hydrogen-bond donors (Lipinski definition) is 0. The molecule has 48 heavy (non-hydrogen) atoms. The van der Waals surface area contributed by atoms with Gasteiger partial charge in [0.1, 0.15) is 0 Å². The molecule has 1 aliphatic carbocycles. The number of aromatic nitrogens is 3. The number of para-hydroxylation sites is 2. The molecule has 0 amide bonds. The Bertz CT molecular complexity index is 2730. The third-order valence-electron chi connectivity index (χ3n) is 10.4. The van der Waals surface area contributed by atoms with Gasteiger partial charge >= 0.3 is 0 Å². The smallest absolute Gasteiger partial charge is 0.160 e. The molecule has 3 heteroatoms. The molecule has 226 valence electrons. The van der Waals surface area contributed by atoms with Crippen LogP contribution in [0.3, 0.4) is 0 Å². The first kappa shape index (κ1) is 27.1. The lowest BCUT2D eigenvalue weighted by Gasteiger charge is -2.22. The molecular weight excluding hydrogens is 583 g/mol. The molecule has 0 N–H and O–H groups in total. The Morgan fingerprint density at radius 3 is 2.04 bits per heavy atom. The fraction of sp³-hybridized carbons (Fsp3) is 0.0667. The minimum Gasteiger partial charge on any atom is -0.309 e. The van der Waals surface area contributed by atoms with Crippen LogP contribution in [0.15, 0.2) is 152 Å². The highest BCUT2D eigenvalue weighted by molar-refractivity contribution is 6.13. The minimum atomic E-state index is -0.113. The van der Waals surface area contributed by atoms with Crippen molar-refractivity contribution in [2.45, 2.75) is 19.3 Å².